The van der Waals surface area contributed by atoms with Gasteiger partial charge in [0.05, 0.1) is 10.8 Å². The highest BCUT2D eigenvalue weighted by atomic mass is 35.5. The summed E-state index contributed by atoms with van der Waals surface area (Å²) in [5.41, 5.74) is 0. The summed E-state index contributed by atoms with van der Waals surface area (Å²) in [4.78, 5) is 3.71. The van der Waals surface area contributed by atoms with E-state index in [1.165, 1.54) is 17.8 Å². The molecule has 3 heterocycles. The molecule has 4 nitrogen and oxygen atoms in total. The Labute approximate surface area is 123 Å². The maximum absolute atomic E-state index is 12.6. The third kappa shape index (κ3) is 2.56. The number of rotatable bonds is 3. The largest absolute Gasteiger partial charge is 0.298 e. The average Bonchev–Trinajstić information content (AvgIpc) is 3.06. The Balaban J connectivity index is 1.80. The molecule has 2 aliphatic heterocycles. The summed E-state index contributed by atoms with van der Waals surface area (Å²) in [6, 6.07) is 2.11. The Hall–Kier alpha value is -0.140. The third-order valence-corrected chi connectivity index (χ3v) is 7.32. The van der Waals surface area contributed by atoms with E-state index in [-0.39, 0.29) is 0 Å². The van der Waals surface area contributed by atoms with E-state index in [2.05, 4.69) is 4.90 Å². The summed E-state index contributed by atoms with van der Waals surface area (Å²) >= 11 is 7.16. The minimum Gasteiger partial charge on any atom is -0.298 e. The first kappa shape index (κ1) is 13.8. The van der Waals surface area contributed by atoms with E-state index < -0.39 is 10.0 Å². The van der Waals surface area contributed by atoms with Gasteiger partial charge < -0.3 is 0 Å². The summed E-state index contributed by atoms with van der Waals surface area (Å²) in [6.45, 7) is 3.21. The molecule has 1 aromatic heterocycles. The van der Waals surface area contributed by atoms with Crippen LogP contribution in [0.4, 0.5) is 0 Å². The number of nitrogens with zero attached hydrogens (tertiary/aromatic N) is 2. The molecular formula is C12H17ClN2O2S2. The lowest BCUT2D eigenvalue weighted by atomic mass is 10.2. The van der Waals surface area contributed by atoms with E-state index in [0.29, 0.717) is 29.9 Å². The number of piperazine rings is 1. The van der Waals surface area contributed by atoms with Gasteiger partial charge in [0.2, 0.25) is 10.0 Å². The van der Waals surface area contributed by atoms with Gasteiger partial charge in [-0.3, -0.25) is 4.90 Å². The molecule has 1 atom stereocenters. The first-order chi connectivity index (χ1) is 9.11. The Bertz CT molecular complexity index is 558. The number of hydrogen-bond donors (Lipinski definition) is 0. The van der Waals surface area contributed by atoms with Gasteiger partial charge in [-0.05, 0) is 25.5 Å². The lowest BCUT2D eigenvalue weighted by Gasteiger charge is -2.36. The van der Waals surface area contributed by atoms with Crippen LogP contribution in [0, 0.1) is 0 Å². The number of halogens is 1. The summed E-state index contributed by atoms with van der Waals surface area (Å²) in [5.74, 6) is 0.372. The zero-order valence-corrected chi connectivity index (χ0v) is 13.0. The maximum Gasteiger partial charge on any atom is 0.244 e. The first-order valence-electron chi connectivity index (χ1n) is 6.49. The minimum atomic E-state index is -3.33. The molecule has 0 aliphatic carbocycles. The van der Waals surface area contributed by atoms with Crippen LogP contribution in [0.15, 0.2) is 16.3 Å². The van der Waals surface area contributed by atoms with Crippen LogP contribution in [0.3, 0.4) is 0 Å². The molecule has 106 valence electrons. The third-order valence-electron chi connectivity index (χ3n) is 3.95. The SMILES string of the molecule is O=S(=O)(c1csc(CCl)c1)N1CCN2CCCC2C1. The molecule has 0 amide bonds. The number of alkyl halides is 1. The van der Waals surface area contributed by atoms with E-state index >= 15 is 0 Å². The summed E-state index contributed by atoms with van der Waals surface area (Å²) in [6.07, 6.45) is 2.30. The summed E-state index contributed by atoms with van der Waals surface area (Å²) in [5, 5.41) is 1.70. The molecule has 0 aromatic carbocycles. The van der Waals surface area contributed by atoms with Crippen LogP contribution in [0.2, 0.25) is 0 Å². The molecule has 2 aliphatic rings. The minimum absolute atomic E-state index is 0.372. The topological polar surface area (TPSA) is 40.6 Å². The molecule has 0 bridgehead atoms. The first-order valence-corrected chi connectivity index (χ1v) is 9.34. The highest BCUT2D eigenvalue weighted by molar-refractivity contribution is 7.89. The Morgan fingerprint density at radius 1 is 1.37 bits per heavy atom. The number of fused-ring (bicyclic) bond motifs is 1. The van der Waals surface area contributed by atoms with Crippen molar-refractivity contribution >= 4 is 33.0 Å². The Kier molecular flexibility index (Phi) is 3.88. The maximum atomic E-state index is 12.6. The molecule has 2 saturated heterocycles. The van der Waals surface area contributed by atoms with Crippen LogP contribution in [0.5, 0.6) is 0 Å². The molecule has 3 rings (SSSR count). The molecular weight excluding hydrogens is 304 g/mol. The van der Waals surface area contributed by atoms with Gasteiger partial charge in [-0.2, -0.15) is 4.31 Å². The fourth-order valence-corrected chi connectivity index (χ4v) is 5.74. The number of hydrogen-bond acceptors (Lipinski definition) is 4. The summed E-state index contributed by atoms with van der Waals surface area (Å²) in [7, 11) is -3.33. The van der Waals surface area contributed by atoms with E-state index in [9.17, 15) is 8.42 Å². The van der Waals surface area contributed by atoms with Gasteiger partial charge in [-0.15, -0.1) is 22.9 Å². The van der Waals surface area contributed by atoms with E-state index in [4.69, 9.17) is 11.6 Å². The van der Waals surface area contributed by atoms with Crippen molar-refractivity contribution < 1.29 is 8.42 Å². The number of sulfonamides is 1. The molecule has 1 unspecified atom stereocenters. The average molecular weight is 321 g/mol. The molecule has 2 fully saturated rings. The van der Waals surface area contributed by atoms with Gasteiger partial charge in [0.25, 0.3) is 0 Å². The van der Waals surface area contributed by atoms with E-state index in [0.717, 1.165) is 24.4 Å². The highest BCUT2D eigenvalue weighted by Crippen LogP contribution is 2.28. The van der Waals surface area contributed by atoms with Gasteiger partial charge in [0.15, 0.2) is 0 Å². The second-order valence-electron chi connectivity index (χ2n) is 5.08. The van der Waals surface area contributed by atoms with Crippen molar-refractivity contribution in [2.45, 2.75) is 29.7 Å². The zero-order valence-electron chi connectivity index (χ0n) is 10.6. The van der Waals surface area contributed by atoms with Crippen molar-refractivity contribution in [1.29, 1.82) is 0 Å². The molecule has 0 spiro atoms. The Morgan fingerprint density at radius 3 is 2.95 bits per heavy atom. The standard InChI is InChI=1S/C12H17ClN2O2S2/c13-7-11-6-12(9-18-11)19(16,17)15-5-4-14-3-1-2-10(14)8-15/h6,9-10H,1-5,7-8H2. The Morgan fingerprint density at radius 2 is 2.21 bits per heavy atom. The molecule has 0 saturated carbocycles. The van der Waals surface area contributed by atoms with Crippen molar-refractivity contribution in [2.75, 3.05) is 26.2 Å². The quantitative estimate of drug-likeness (QED) is 0.799. The zero-order chi connectivity index (χ0) is 13.5. The molecule has 0 radical (unpaired) electrons. The van der Waals surface area contributed by atoms with Gasteiger partial charge in [0.1, 0.15) is 0 Å². The smallest absolute Gasteiger partial charge is 0.244 e. The lowest BCUT2D eigenvalue weighted by Crippen LogP contribution is -2.51. The van der Waals surface area contributed by atoms with Crippen molar-refractivity contribution in [3.63, 3.8) is 0 Å². The predicted octanol–water partition coefficient (Wildman–Crippen LogP) is 1.96. The second kappa shape index (κ2) is 5.33. The van der Waals surface area contributed by atoms with Crippen LogP contribution < -0.4 is 0 Å². The monoisotopic (exact) mass is 320 g/mol. The van der Waals surface area contributed by atoms with Crippen molar-refractivity contribution in [2.24, 2.45) is 0 Å². The van der Waals surface area contributed by atoms with Crippen molar-refractivity contribution in [3.05, 3.63) is 16.3 Å². The van der Waals surface area contributed by atoms with Crippen LogP contribution in [-0.2, 0) is 15.9 Å². The van der Waals surface area contributed by atoms with E-state index in [1.54, 1.807) is 15.8 Å². The van der Waals surface area contributed by atoms with Crippen LogP contribution in [0.1, 0.15) is 17.7 Å². The lowest BCUT2D eigenvalue weighted by molar-refractivity contribution is 0.158. The normalized spacial score (nSPS) is 25.6. The molecule has 1 aromatic rings. The van der Waals surface area contributed by atoms with Gasteiger partial charge in [0, 0.05) is 35.9 Å². The van der Waals surface area contributed by atoms with Gasteiger partial charge >= 0.3 is 0 Å². The molecule has 19 heavy (non-hydrogen) atoms. The van der Waals surface area contributed by atoms with Crippen LogP contribution in [0.25, 0.3) is 0 Å². The van der Waals surface area contributed by atoms with Crippen molar-refractivity contribution in [1.82, 2.24) is 9.21 Å². The predicted molar refractivity (Wildman–Crippen MR) is 77.2 cm³/mol. The fraction of sp³-hybridized carbons (Fsp3) is 0.667. The van der Waals surface area contributed by atoms with Crippen LogP contribution >= 0.6 is 22.9 Å². The highest BCUT2D eigenvalue weighted by Gasteiger charge is 2.36. The van der Waals surface area contributed by atoms with Crippen molar-refractivity contribution in [3.8, 4) is 0 Å². The van der Waals surface area contributed by atoms with Gasteiger partial charge in [-0.1, -0.05) is 0 Å². The molecule has 7 heteroatoms. The molecule has 0 N–H and O–H groups in total. The number of thiophene rings is 1. The van der Waals surface area contributed by atoms with E-state index in [1.807, 2.05) is 0 Å². The van der Waals surface area contributed by atoms with Gasteiger partial charge in [-0.25, -0.2) is 8.42 Å². The van der Waals surface area contributed by atoms with Crippen LogP contribution in [-0.4, -0.2) is 49.8 Å². The second-order valence-corrected chi connectivity index (χ2v) is 8.28. The fourth-order valence-electron chi connectivity index (χ4n) is 2.90. The summed E-state index contributed by atoms with van der Waals surface area (Å²) < 4.78 is 26.8.